The second kappa shape index (κ2) is 9.41. The smallest absolute Gasteiger partial charge is 0.197 e. The van der Waals surface area contributed by atoms with Gasteiger partial charge in [-0.1, -0.05) is 48.5 Å². The van der Waals surface area contributed by atoms with Crippen molar-refractivity contribution in [3.8, 4) is 19.5 Å². The van der Waals surface area contributed by atoms with Crippen LogP contribution in [-0.4, -0.2) is 23.1 Å². The zero-order valence-corrected chi connectivity index (χ0v) is 23.5. The Morgan fingerprint density at radius 2 is 0.925 bits per heavy atom. The predicted molar refractivity (Wildman–Crippen MR) is 162 cm³/mol. The van der Waals surface area contributed by atoms with Gasteiger partial charge < -0.3 is 0 Å². The van der Waals surface area contributed by atoms with Gasteiger partial charge in [0.2, 0.25) is 0 Å². The van der Waals surface area contributed by atoms with Crippen LogP contribution >= 0.6 is 34.0 Å². The molecule has 40 heavy (non-hydrogen) atoms. The number of aryl methyl sites for hydroxylation is 1. The molecule has 0 amide bonds. The summed E-state index contributed by atoms with van der Waals surface area (Å²) in [5.74, 6) is -0.895. The van der Waals surface area contributed by atoms with Gasteiger partial charge in [0.05, 0.1) is 11.1 Å². The highest BCUT2D eigenvalue weighted by molar-refractivity contribution is 7.27. The number of carbonyl (C=O) groups excluding carboxylic acids is 4. The van der Waals surface area contributed by atoms with Crippen molar-refractivity contribution < 1.29 is 19.2 Å². The van der Waals surface area contributed by atoms with Crippen molar-refractivity contribution in [1.82, 2.24) is 0 Å². The quantitative estimate of drug-likeness (QED) is 0.160. The third-order valence-corrected chi connectivity index (χ3v) is 10.7. The molecular weight excluding hydrogens is 557 g/mol. The molecule has 3 heterocycles. The first-order chi connectivity index (χ1) is 19.4. The predicted octanol–water partition coefficient (Wildman–Crippen LogP) is 8.44. The fraction of sp³-hybridized carbons (Fsp3) is 0.0303. The number of Topliss-reactive ketones (excluding diaryl/α,β-unsaturated/α-hetero) is 4. The number of ketones is 4. The van der Waals surface area contributed by atoms with Crippen LogP contribution in [0.15, 0.2) is 90.0 Å². The van der Waals surface area contributed by atoms with Crippen molar-refractivity contribution in [1.29, 1.82) is 0 Å². The number of rotatable bonds is 4. The number of allylic oxidation sites excluding steroid dienone is 2. The third-order valence-electron chi connectivity index (χ3n) is 7.02. The van der Waals surface area contributed by atoms with Crippen LogP contribution in [0.5, 0.6) is 0 Å². The van der Waals surface area contributed by atoms with Gasteiger partial charge in [0, 0.05) is 51.5 Å². The lowest BCUT2D eigenvalue weighted by atomic mass is 10.1. The van der Waals surface area contributed by atoms with E-state index in [0.29, 0.717) is 22.3 Å². The Bertz CT molecular complexity index is 1920. The second-order valence-corrected chi connectivity index (χ2v) is 12.8. The summed E-state index contributed by atoms with van der Waals surface area (Å²) < 4.78 is 0. The van der Waals surface area contributed by atoms with E-state index in [9.17, 15) is 19.2 Å². The number of hydrogen-bond acceptors (Lipinski definition) is 7. The molecule has 2 aliphatic carbocycles. The molecular formula is C33H18O4S3. The van der Waals surface area contributed by atoms with Gasteiger partial charge in [0.1, 0.15) is 0 Å². The van der Waals surface area contributed by atoms with E-state index in [-0.39, 0.29) is 34.3 Å². The molecule has 7 heteroatoms. The summed E-state index contributed by atoms with van der Waals surface area (Å²) in [5.41, 5.74) is 3.41. The summed E-state index contributed by atoms with van der Waals surface area (Å²) in [6, 6.07) is 23.9. The highest BCUT2D eigenvalue weighted by Gasteiger charge is 2.33. The van der Waals surface area contributed by atoms with Gasteiger partial charge in [-0.2, -0.15) is 0 Å². The first-order valence-corrected chi connectivity index (χ1v) is 14.9. The van der Waals surface area contributed by atoms with E-state index < -0.39 is 0 Å². The normalized spacial score (nSPS) is 14.2. The summed E-state index contributed by atoms with van der Waals surface area (Å²) in [5, 5.41) is 0. The Balaban J connectivity index is 1.15. The highest BCUT2D eigenvalue weighted by Crippen LogP contribution is 2.43. The lowest BCUT2D eigenvalue weighted by Crippen LogP contribution is -1.99. The van der Waals surface area contributed by atoms with E-state index in [1.54, 1.807) is 94.7 Å². The Labute approximate surface area is 241 Å². The molecule has 0 fully saturated rings. The van der Waals surface area contributed by atoms with Crippen LogP contribution in [0, 0.1) is 6.92 Å². The maximum atomic E-state index is 12.8. The van der Waals surface area contributed by atoms with Gasteiger partial charge in [-0.15, -0.1) is 34.0 Å². The van der Waals surface area contributed by atoms with Crippen molar-refractivity contribution in [2.45, 2.75) is 6.92 Å². The highest BCUT2D eigenvalue weighted by atomic mass is 32.1. The van der Waals surface area contributed by atoms with Crippen LogP contribution in [0.1, 0.15) is 56.7 Å². The molecule has 0 spiro atoms. The number of fused-ring (bicyclic) bond motifs is 2. The topological polar surface area (TPSA) is 68.3 Å². The van der Waals surface area contributed by atoms with Crippen molar-refractivity contribution in [2.24, 2.45) is 0 Å². The molecule has 0 radical (unpaired) electrons. The van der Waals surface area contributed by atoms with Gasteiger partial charge >= 0.3 is 0 Å². The van der Waals surface area contributed by atoms with Gasteiger partial charge in [0.25, 0.3) is 0 Å². The molecule has 0 unspecified atom stereocenters. The average molecular weight is 575 g/mol. The van der Waals surface area contributed by atoms with Gasteiger partial charge in [-0.3, -0.25) is 19.2 Å². The van der Waals surface area contributed by atoms with Gasteiger partial charge in [-0.05, 0) is 55.0 Å². The molecule has 192 valence electrons. The fourth-order valence-corrected chi connectivity index (χ4v) is 8.39. The van der Waals surface area contributed by atoms with Crippen LogP contribution in [-0.2, 0) is 0 Å². The Morgan fingerprint density at radius 1 is 0.500 bits per heavy atom. The molecule has 3 aromatic heterocycles. The van der Waals surface area contributed by atoms with E-state index >= 15 is 0 Å². The standard InChI is InChI=1S/C33H18O4S3/c1-17-14-28(26-12-10-18(38-26)15-24-29(34)20-6-2-3-7-21(20)30(24)35)40-33(17)27-13-11-19(39-27)16-25-31(36)22-8-4-5-9-23(22)32(25)37/h2-16H,1H3. The summed E-state index contributed by atoms with van der Waals surface area (Å²) in [6.07, 6.45) is 3.40. The monoisotopic (exact) mass is 574 g/mol. The number of hydrogen-bond donors (Lipinski definition) is 0. The van der Waals surface area contributed by atoms with Crippen LogP contribution in [0.2, 0.25) is 0 Å². The summed E-state index contributed by atoms with van der Waals surface area (Å²) in [4.78, 5) is 57.2. The molecule has 0 saturated heterocycles. The van der Waals surface area contributed by atoms with Crippen molar-refractivity contribution in [3.63, 3.8) is 0 Å². The summed E-state index contributed by atoms with van der Waals surface area (Å²) in [7, 11) is 0. The molecule has 5 aromatic rings. The van der Waals surface area contributed by atoms with E-state index in [1.165, 1.54) is 0 Å². The lowest BCUT2D eigenvalue weighted by Gasteiger charge is -1.94. The van der Waals surface area contributed by atoms with E-state index in [4.69, 9.17) is 0 Å². The Hall–Kier alpha value is -4.30. The average Bonchev–Trinajstić information content (AvgIpc) is 3.78. The number of carbonyl (C=O) groups is 4. The molecule has 4 nitrogen and oxygen atoms in total. The third kappa shape index (κ3) is 3.93. The SMILES string of the molecule is Cc1cc(-c2ccc(C=C3C(=O)c4ccccc4C3=O)s2)sc1-c1ccc(C=C2C(=O)c3ccccc3C2=O)s1. The largest absolute Gasteiger partial charge is 0.288 e. The molecule has 0 saturated carbocycles. The fourth-order valence-electron chi connectivity index (χ4n) is 5.05. The van der Waals surface area contributed by atoms with Gasteiger partial charge in [-0.25, -0.2) is 0 Å². The van der Waals surface area contributed by atoms with Crippen molar-refractivity contribution in [3.05, 3.63) is 128 Å². The van der Waals surface area contributed by atoms with E-state index in [2.05, 4.69) is 13.0 Å². The molecule has 2 aliphatic rings. The maximum absolute atomic E-state index is 12.8. The molecule has 7 rings (SSSR count). The molecule has 0 aliphatic heterocycles. The van der Waals surface area contributed by atoms with Crippen molar-refractivity contribution >= 4 is 69.3 Å². The van der Waals surface area contributed by atoms with Gasteiger partial charge in [0.15, 0.2) is 23.1 Å². The van der Waals surface area contributed by atoms with Crippen LogP contribution in [0.25, 0.3) is 31.7 Å². The molecule has 0 N–H and O–H groups in total. The van der Waals surface area contributed by atoms with E-state index in [0.717, 1.165) is 34.8 Å². The van der Waals surface area contributed by atoms with Crippen LogP contribution < -0.4 is 0 Å². The molecule has 0 atom stereocenters. The number of thiophene rings is 3. The summed E-state index contributed by atoms with van der Waals surface area (Å²) >= 11 is 4.76. The zero-order chi connectivity index (χ0) is 27.5. The lowest BCUT2D eigenvalue weighted by molar-refractivity contribution is 0.0975. The minimum absolute atomic E-state index is 0.209. The Kier molecular flexibility index (Phi) is 5.82. The maximum Gasteiger partial charge on any atom is 0.197 e. The molecule has 2 aromatic carbocycles. The zero-order valence-electron chi connectivity index (χ0n) is 21.0. The first-order valence-electron chi connectivity index (χ1n) is 12.5. The summed E-state index contributed by atoms with van der Waals surface area (Å²) in [6.45, 7) is 2.07. The second-order valence-electron chi connectivity index (χ2n) is 9.55. The van der Waals surface area contributed by atoms with Crippen LogP contribution in [0.3, 0.4) is 0 Å². The van der Waals surface area contributed by atoms with Crippen LogP contribution in [0.4, 0.5) is 0 Å². The molecule has 0 bridgehead atoms. The van der Waals surface area contributed by atoms with Crippen molar-refractivity contribution in [2.75, 3.05) is 0 Å². The Morgan fingerprint density at radius 3 is 1.40 bits per heavy atom. The minimum Gasteiger partial charge on any atom is -0.288 e. The number of benzene rings is 2. The minimum atomic E-state index is -0.224. The van der Waals surface area contributed by atoms with E-state index in [1.807, 2.05) is 24.3 Å². The first kappa shape index (κ1) is 24.7.